The lowest BCUT2D eigenvalue weighted by atomic mass is 9.80. The molecule has 1 aliphatic rings. The molecule has 0 heterocycles. The van der Waals surface area contributed by atoms with Gasteiger partial charge in [0.25, 0.3) is 0 Å². The first-order valence-corrected chi connectivity index (χ1v) is 19.3. The summed E-state index contributed by atoms with van der Waals surface area (Å²) in [5.41, 5.74) is 15.2. The maximum absolute atomic E-state index is 2.46. The monoisotopic (exact) mass is 698 g/mol. The van der Waals surface area contributed by atoms with E-state index in [4.69, 9.17) is 0 Å². The van der Waals surface area contributed by atoms with Gasteiger partial charge < -0.3 is 0 Å². The third-order valence-corrected chi connectivity index (χ3v) is 12.2. The van der Waals surface area contributed by atoms with Crippen LogP contribution in [-0.2, 0) is 5.41 Å². The summed E-state index contributed by atoms with van der Waals surface area (Å²) >= 11 is 0. The number of hydrogen-bond donors (Lipinski definition) is 0. The average molecular weight is 699 g/mol. The summed E-state index contributed by atoms with van der Waals surface area (Å²) in [6.45, 7) is 4.78. The smallest absolute Gasteiger partial charge is 0.0159 e. The molecule has 0 N–H and O–H groups in total. The van der Waals surface area contributed by atoms with Crippen molar-refractivity contribution in [2.45, 2.75) is 19.3 Å². The van der Waals surface area contributed by atoms with Crippen molar-refractivity contribution in [3.05, 3.63) is 205 Å². The molecule has 10 aromatic carbocycles. The van der Waals surface area contributed by atoms with E-state index in [0.29, 0.717) is 0 Å². The van der Waals surface area contributed by atoms with E-state index in [9.17, 15) is 0 Å². The fraction of sp³-hybridized carbons (Fsp3) is 0.0545. The molecule has 0 aromatic heterocycles. The molecule has 0 radical (unpaired) electrons. The Morgan fingerprint density at radius 1 is 0.273 bits per heavy atom. The molecular weight excluding hydrogens is 661 g/mol. The molecular formula is C55H38. The molecule has 11 rings (SSSR count). The third-order valence-electron chi connectivity index (χ3n) is 12.2. The van der Waals surface area contributed by atoms with E-state index >= 15 is 0 Å². The Bertz CT molecular complexity index is 3160. The first kappa shape index (κ1) is 31.7. The molecule has 0 bridgehead atoms. The Morgan fingerprint density at radius 3 is 1.53 bits per heavy atom. The summed E-state index contributed by atoms with van der Waals surface area (Å²) < 4.78 is 0. The highest BCUT2D eigenvalue weighted by Gasteiger charge is 2.36. The minimum atomic E-state index is -0.148. The zero-order chi connectivity index (χ0) is 36.7. The van der Waals surface area contributed by atoms with Crippen molar-refractivity contribution in [1.29, 1.82) is 0 Å². The van der Waals surface area contributed by atoms with Gasteiger partial charge in [0.15, 0.2) is 0 Å². The quantitative estimate of drug-likeness (QED) is 0.161. The van der Waals surface area contributed by atoms with Gasteiger partial charge in [0.2, 0.25) is 0 Å². The van der Waals surface area contributed by atoms with Gasteiger partial charge in [-0.3, -0.25) is 0 Å². The molecule has 10 aromatic rings. The second kappa shape index (κ2) is 12.1. The van der Waals surface area contributed by atoms with Crippen molar-refractivity contribution in [3.63, 3.8) is 0 Å². The van der Waals surface area contributed by atoms with Gasteiger partial charge >= 0.3 is 0 Å². The third kappa shape index (κ3) is 5.06. The van der Waals surface area contributed by atoms with E-state index in [-0.39, 0.29) is 5.41 Å². The van der Waals surface area contributed by atoms with Crippen LogP contribution in [0.1, 0.15) is 25.0 Å². The molecule has 0 saturated heterocycles. The molecule has 1 aliphatic carbocycles. The predicted octanol–water partition coefficient (Wildman–Crippen LogP) is 15.3. The summed E-state index contributed by atoms with van der Waals surface area (Å²) in [7, 11) is 0. The van der Waals surface area contributed by atoms with Crippen LogP contribution in [0.4, 0.5) is 0 Å². The van der Waals surface area contributed by atoms with Gasteiger partial charge in [-0.1, -0.05) is 166 Å². The van der Waals surface area contributed by atoms with Crippen LogP contribution in [0.25, 0.3) is 98.7 Å². The minimum absolute atomic E-state index is 0.148. The Balaban J connectivity index is 1.07. The molecule has 0 fully saturated rings. The maximum atomic E-state index is 2.46. The van der Waals surface area contributed by atoms with E-state index in [0.717, 1.165) is 0 Å². The Labute approximate surface area is 322 Å². The SMILES string of the molecule is CC1(C)c2cc(-c3cc(-c4ccccc4)cc(-c4cc5ccc6ccccc6c5c5ccccc45)c3)ccc2-c2ccc(-c3ccc4ccccc4c3)cc21. The Kier molecular flexibility index (Phi) is 7.00. The fourth-order valence-corrected chi connectivity index (χ4v) is 9.33. The molecule has 0 atom stereocenters. The second-order valence-corrected chi connectivity index (χ2v) is 15.7. The van der Waals surface area contributed by atoms with Crippen LogP contribution in [0.5, 0.6) is 0 Å². The van der Waals surface area contributed by atoms with Crippen LogP contribution < -0.4 is 0 Å². The van der Waals surface area contributed by atoms with E-state index < -0.39 is 0 Å². The van der Waals surface area contributed by atoms with Gasteiger partial charge in [0.1, 0.15) is 0 Å². The summed E-state index contributed by atoms with van der Waals surface area (Å²) in [5, 5.41) is 10.3. The summed E-state index contributed by atoms with van der Waals surface area (Å²) in [6.07, 6.45) is 0. The molecule has 55 heavy (non-hydrogen) atoms. The maximum Gasteiger partial charge on any atom is 0.0159 e. The molecule has 0 nitrogen and oxygen atoms in total. The van der Waals surface area contributed by atoms with Gasteiger partial charge in [0, 0.05) is 5.41 Å². The summed E-state index contributed by atoms with van der Waals surface area (Å²) in [4.78, 5) is 0. The van der Waals surface area contributed by atoms with E-state index in [2.05, 4.69) is 208 Å². The van der Waals surface area contributed by atoms with E-state index in [1.54, 1.807) is 0 Å². The minimum Gasteiger partial charge on any atom is -0.0622 e. The van der Waals surface area contributed by atoms with E-state index in [1.807, 2.05) is 0 Å². The zero-order valence-electron chi connectivity index (χ0n) is 31.0. The molecule has 0 amide bonds. The van der Waals surface area contributed by atoms with Crippen molar-refractivity contribution >= 4 is 43.1 Å². The van der Waals surface area contributed by atoms with Crippen molar-refractivity contribution in [2.24, 2.45) is 0 Å². The predicted molar refractivity (Wildman–Crippen MR) is 236 cm³/mol. The highest BCUT2D eigenvalue weighted by atomic mass is 14.4. The van der Waals surface area contributed by atoms with Crippen molar-refractivity contribution in [2.75, 3.05) is 0 Å². The lowest BCUT2D eigenvalue weighted by molar-refractivity contribution is 0.661. The average Bonchev–Trinajstić information content (AvgIpc) is 3.47. The fourth-order valence-electron chi connectivity index (χ4n) is 9.33. The first-order chi connectivity index (χ1) is 27.0. The standard InChI is InChI=1S/C55H38/c1-55(2)52-33-40(39-22-20-36-14-6-7-16-38(36)28-39)24-26-48(52)49-27-25-41(34-53(49)55)44-29-43(35-12-4-3-5-13-35)30-45(31-44)51-32-42-23-21-37-15-8-9-17-46(37)54(42)50-19-11-10-18-47(50)51/h3-34H,1-2H3. The van der Waals surface area contributed by atoms with Crippen LogP contribution in [0.15, 0.2) is 194 Å². The van der Waals surface area contributed by atoms with Crippen molar-refractivity contribution in [3.8, 4) is 55.6 Å². The van der Waals surface area contributed by atoms with Crippen LogP contribution in [0.2, 0.25) is 0 Å². The number of hydrogen-bond acceptors (Lipinski definition) is 0. The molecule has 258 valence electrons. The van der Waals surface area contributed by atoms with Gasteiger partial charge in [-0.25, -0.2) is 0 Å². The van der Waals surface area contributed by atoms with Crippen LogP contribution >= 0.6 is 0 Å². The van der Waals surface area contributed by atoms with Crippen molar-refractivity contribution in [1.82, 2.24) is 0 Å². The van der Waals surface area contributed by atoms with Gasteiger partial charge in [-0.05, 0) is 152 Å². The molecule has 0 spiro atoms. The van der Waals surface area contributed by atoms with Crippen LogP contribution in [0, 0.1) is 0 Å². The van der Waals surface area contributed by atoms with Crippen LogP contribution in [-0.4, -0.2) is 0 Å². The largest absolute Gasteiger partial charge is 0.0622 e. The number of fused-ring (bicyclic) bond motifs is 9. The summed E-state index contributed by atoms with van der Waals surface area (Å²) in [5.74, 6) is 0. The lowest BCUT2D eigenvalue weighted by Gasteiger charge is -2.23. The highest BCUT2D eigenvalue weighted by Crippen LogP contribution is 2.51. The number of benzene rings is 10. The molecule has 0 unspecified atom stereocenters. The van der Waals surface area contributed by atoms with Crippen LogP contribution in [0.3, 0.4) is 0 Å². The molecule has 0 aliphatic heterocycles. The number of rotatable bonds is 4. The lowest BCUT2D eigenvalue weighted by Crippen LogP contribution is -2.15. The summed E-state index contributed by atoms with van der Waals surface area (Å²) in [6, 6.07) is 72.3. The van der Waals surface area contributed by atoms with Gasteiger partial charge in [0.05, 0.1) is 0 Å². The first-order valence-electron chi connectivity index (χ1n) is 19.3. The van der Waals surface area contributed by atoms with E-state index in [1.165, 1.54) is 110 Å². The highest BCUT2D eigenvalue weighted by molar-refractivity contribution is 6.23. The Hall–Kier alpha value is -6.76. The molecule has 0 saturated carbocycles. The Morgan fingerprint density at radius 2 is 0.782 bits per heavy atom. The molecule has 0 heteroatoms. The second-order valence-electron chi connectivity index (χ2n) is 15.7. The van der Waals surface area contributed by atoms with Gasteiger partial charge in [-0.2, -0.15) is 0 Å². The topological polar surface area (TPSA) is 0 Å². The zero-order valence-corrected chi connectivity index (χ0v) is 31.0. The van der Waals surface area contributed by atoms with Gasteiger partial charge in [-0.15, -0.1) is 0 Å². The normalized spacial score (nSPS) is 13.1. The van der Waals surface area contributed by atoms with Crippen molar-refractivity contribution < 1.29 is 0 Å².